The Labute approximate surface area is 112 Å². The predicted octanol–water partition coefficient (Wildman–Crippen LogP) is 5.02. The number of benzene rings is 1. The first-order valence-corrected chi connectivity index (χ1v) is 7.69. The zero-order chi connectivity index (χ0) is 12.8. The SMILES string of the molecule is CCCc1ccc(NC2CCCCC2CC)cc1. The molecule has 1 fully saturated rings. The van der Waals surface area contributed by atoms with Crippen LogP contribution < -0.4 is 5.32 Å². The van der Waals surface area contributed by atoms with Crippen molar-refractivity contribution in [2.75, 3.05) is 5.32 Å². The molecule has 0 spiro atoms. The Morgan fingerprint density at radius 1 is 1.06 bits per heavy atom. The normalized spacial score (nSPS) is 23.9. The largest absolute Gasteiger partial charge is 0.382 e. The quantitative estimate of drug-likeness (QED) is 0.768. The fraction of sp³-hybridized carbons (Fsp3) is 0.647. The van der Waals surface area contributed by atoms with Crippen molar-refractivity contribution in [1.82, 2.24) is 0 Å². The lowest BCUT2D eigenvalue weighted by Crippen LogP contribution is -2.31. The molecule has 0 saturated heterocycles. The van der Waals surface area contributed by atoms with Gasteiger partial charge in [-0.1, -0.05) is 51.7 Å². The number of aryl methyl sites for hydroxylation is 1. The van der Waals surface area contributed by atoms with Gasteiger partial charge in [0.2, 0.25) is 0 Å². The van der Waals surface area contributed by atoms with Crippen molar-refractivity contribution in [2.24, 2.45) is 5.92 Å². The summed E-state index contributed by atoms with van der Waals surface area (Å²) in [6.07, 6.45) is 9.30. The van der Waals surface area contributed by atoms with E-state index in [4.69, 9.17) is 0 Å². The van der Waals surface area contributed by atoms with Gasteiger partial charge in [-0.15, -0.1) is 0 Å². The van der Waals surface area contributed by atoms with Crippen molar-refractivity contribution < 1.29 is 0 Å². The van der Waals surface area contributed by atoms with Gasteiger partial charge in [0.25, 0.3) is 0 Å². The van der Waals surface area contributed by atoms with Crippen LogP contribution in [-0.4, -0.2) is 6.04 Å². The van der Waals surface area contributed by atoms with E-state index in [-0.39, 0.29) is 0 Å². The van der Waals surface area contributed by atoms with Crippen molar-refractivity contribution in [3.63, 3.8) is 0 Å². The molecule has 1 aliphatic carbocycles. The zero-order valence-corrected chi connectivity index (χ0v) is 11.9. The van der Waals surface area contributed by atoms with Crippen LogP contribution in [0.4, 0.5) is 5.69 Å². The second-order valence-corrected chi connectivity index (χ2v) is 5.65. The van der Waals surface area contributed by atoms with Crippen LogP contribution in [0.5, 0.6) is 0 Å². The number of nitrogens with one attached hydrogen (secondary N) is 1. The standard InChI is InChI=1S/C17H27N/c1-3-7-14-10-12-16(13-11-14)18-17-9-6-5-8-15(17)4-2/h10-13,15,17-18H,3-9H2,1-2H3. The van der Waals surface area contributed by atoms with E-state index >= 15 is 0 Å². The van der Waals surface area contributed by atoms with Gasteiger partial charge in [0.15, 0.2) is 0 Å². The minimum Gasteiger partial charge on any atom is -0.382 e. The summed E-state index contributed by atoms with van der Waals surface area (Å²) in [6.45, 7) is 4.56. The molecule has 1 N–H and O–H groups in total. The van der Waals surface area contributed by atoms with Gasteiger partial charge in [-0.2, -0.15) is 0 Å². The first-order valence-electron chi connectivity index (χ1n) is 7.69. The molecule has 0 radical (unpaired) electrons. The smallest absolute Gasteiger partial charge is 0.0342 e. The molecule has 2 atom stereocenters. The number of anilines is 1. The average molecular weight is 245 g/mol. The summed E-state index contributed by atoms with van der Waals surface area (Å²) in [6, 6.07) is 9.75. The highest BCUT2D eigenvalue weighted by atomic mass is 14.9. The maximum absolute atomic E-state index is 3.75. The lowest BCUT2D eigenvalue weighted by atomic mass is 9.83. The van der Waals surface area contributed by atoms with Gasteiger partial charge in [0.05, 0.1) is 0 Å². The number of hydrogen-bond donors (Lipinski definition) is 1. The van der Waals surface area contributed by atoms with E-state index in [1.54, 1.807) is 0 Å². The fourth-order valence-corrected chi connectivity index (χ4v) is 3.16. The van der Waals surface area contributed by atoms with Crippen LogP contribution in [0.2, 0.25) is 0 Å². The highest BCUT2D eigenvalue weighted by molar-refractivity contribution is 5.45. The molecule has 2 rings (SSSR count). The van der Waals surface area contributed by atoms with Crippen LogP contribution in [0.15, 0.2) is 24.3 Å². The summed E-state index contributed by atoms with van der Waals surface area (Å²) >= 11 is 0. The topological polar surface area (TPSA) is 12.0 Å². The second-order valence-electron chi connectivity index (χ2n) is 5.65. The molecule has 0 aromatic heterocycles. The Hall–Kier alpha value is -0.980. The van der Waals surface area contributed by atoms with Crippen molar-refractivity contribution in [2.45, 2.75) is 64.8 Å². The molecule has 0 amide bonds. The van der Waals surface area contributed by atoms with Gasteiger partial charge in [0, 0.05) is 11.7 Å². The number of rotatable bonds is 5. The van der Waals surface area contributed by atoms with Gasteiger partial charge in [-0.3, -0.25) is 0 Å². The van der Waals surface area contributed by atoms with Gasteiger partial charge < -0.3 is 5.32 Å². The van der Waals surface area contributed by atoms with Crippen LogP contribution in [0.3, 0.4) is 0 Å². The molecule has 1 saturated carbocycles. The third-order valence-corrected chi connectivity index (χ3v) is 4.28. The summed E-state index contributed by atoms with van der Waals surface area (Å²) in [5.74, 6) is 0.870. The summed E-state index contributed by atoms with van der Waals surface area (Å²) in [5, 5.41) is 3.75. The van der Waals surface area contributed by atoms with Crippen molar-refractivity contribution in [1.29, 1.82) is 0 Å². The second kappa shape index (κ2) is 6.82. The van der Waals surface area contributed by atoms with Crippen LogP contribution >= 0.6 is 0 Å². The van der Waals surface area contributed by atoms with Crippen LogP contribution in [-0.2, 0) is 6.42 Å². The lowest BCUT2D eigenvalue weighted by molar-refractivity contribution is 0.317. The molecule has 0 heterocycles. The van der Waals surface area contributed by atoms with Gasteiger partial charge >= 0.3 is 0 Å². The Kier molecular flexibility index (Phi) is 5.10. The fourth-order valence-electron chi connectivity index (χ4n) is 3.16. The highest BCUT2D eigenvalue weighted by Crippen LogP contribution is 2.29. The van der Waals surface area contributed by atoms with Crippen LogP contribution in [0, 0.1) is 5.92 Å². The molecule has 0 aliphatic heterocycles. The molecule has 0 bridgehead atoms. The van der Waals surface area contributed by atoms with E-state index in [9.17, 15) is 0 Å². The Bertz CT molecular complexity index is 341. The predicted molar refractivity (Wildman–Crippen MR) is 80.1 cm³/mol. The molecule has 1 aromatic rings. The molecule has 2 unspecified atom stereocenters. The minimum absolute atomic E-state index is 0.695. The highest BCUT2D eigenvalue weighted by Gasteiger charge is 2.23. The van der Waals surface area contributed by atoms with E-state index in [0.717, 1.165) is 5.92 Å². The van der Waals surface area contributed by atoms with E-state index in [2.05, 4.69) is 43.4 Å². The Morgan fingerprint density at radius 3 is 2.44 bits per heavy atom. The summed E-state index contributed by atoms with van der Waals surface area (Å²) in [4.78, 5) is 0. The van der Waals surface area contributed by atoms with E-state index in [0.29, 0.717) is 6.04 Å². The summed E-state index contributed by atoms with van der Waals surface area (Å²) in [5.41, 5.74) is 2.76. The summed E-state index contributed by atoms with van der Waals surface area (Å²) in [7, 11) is 0. The summed E-state index contributed by atoms with van der Waals surface area (Å²) < 4.78 is 0. The third kappa shape index (κ3) is 3.51. The Balaban J connectivity index is 1.95. The van der Waals surface area contributed by atoms with Gasteiger partial charge in [-0.05, 0) is 42.9 Å². The molecular weight excluding hydrogens is 218 g/mol. The maximum Gasteiger partial charge on any atom is 0.0342 e. The minimum atomic E-state index is 0.695. The molecular formula is C17H27N. The zero-order valence-electron chi connectivity index (χ0n) is 11.9. The van der Waals surface area contributed by atoms with Crippen LogP contribution in [0.1, 0.15) is 57.9 Å². The first kappa shape index (κ1) is 13.5. The molecule has 1 nitrogen and oxygen atoms in total. The van der Waals surface area contributed by atoms with Crippen molar-refractivity contribution >= 4 is 5.69 Å². The van der Waals surface area contributed by atoms with Gasteiger partial charge in [-0.25, -0.2) is 0 Å². The molecule has 1 aliphatic rings. The lowest BCUT2D eigenvalue weighted by Gasteiger charge is -2.32. The maximum atomic E-state index is 3.75. The molecule has 100 valence electrons. The van der Waals surface area contributed by atoms with Crippen LogP contribution in [0.25, 0.3) is 0 Å². The van der Waals surface area contributed by atoms with E-state index < -0.39 is 0 Å². The third-order valence-electron chi connectivity index (χ3n) is 4.28. The van der Waals surface area contributed by atoms with Crippen molar-refractivity contribution in [3.05, 3.63) is 29.8 Å². The Morgan fingerprint density at radius 2 is 1.78 bits per heavy atom. The van der Waals surface area contributed by atoms with Gasteiger partial charge in [0.1, 0.15) is 0 Å². The molecule has 1 heteroatoms. The number of hydrogen-bond acceptors (Lipinski definition) is 1. The average Bonchev–Trinajstić information content (AvgIpc) is 2.42. The monoisotopic (exact) mass is 245 g/mol. The molecule has 1 aromatic carbocycles. The van der Waals surface area contributed by atoms with E-state index in [1.807, 2.05) is 0 Å². The van der Waals surface area contributed by atoms with E-state index in [1.165, 1.54) is 56.2 Å². The molecule has 18 heavy (non-hydrogen) atoms. The van der Waals surface area contributed by atoms with Crippen molar-refractivity contribution in [3.8, 4) is 0 Å². The first-order chi connectivity index (χ1) is 8.83.